The van der Waals surface area contributed by atoms with E-state index in [1.807, 2.05) is 18.2 Å². The molecular weight excluding hydrogens is 507 g/mol. The van der Waals surface area contributed by atoms with E-state index >= 15 is 0 Å². The molecule has 0 unspecified atom stereocenters. The van der Waals surface area contributed by atoms with Gasteiger partial charge in [-0.2, -0.15) is 0 Å². The maximum atomic E-state index is 13.8. The fourth-order valence-electron chi connectivity index (χ4n) is 4.28. The summed E-state index contributed by atoms with van der Waals surface area (Å²) in [5, 5.41) is 21.1. The van der Waals surface area contributed by atoms with Crippen LogP contribution in [0.1, 0.15) is 40.1 Å². The quantitative estimate of drug-likeness (QED) is 0.269. The van der Waals surface area contributed by atoms with E-state index in [1.165, 1.54) is 34.5 Å². The highest BCUT2D eigenvalue weighted by molar-refractivity contribution is 5.90. The number of carbonyl (C=O) groups excluding carboxylic acids is 1. The molecule has 4 aromatic rings. The molecule has 0 aliphatic heterocycles. The molecule has 0 radical (unpaired) electrons. The van der Waals surface area contributed by atoms with Crippen molar-refractivity contribution in [1.29, 1.82) is 0 Å². The predicted molar refractivity (Wildman–Crippen MR) is 141 cm³/mol. The van der Waals surface area contributed by atoms with Crippen LogP contribution in [0, 0.1) is 24.4 Å². The zero-order chi connectivity index (χ0) is 27.9. The summed E-state index contributed by atoms with van der Waals surface area (Å²) >= 11 is 0. The van der Waals surface area contributed by atoms with E-state index in [0.717, 1.165) is 30.2 Å². The number of aryl methyl sites for hydroxylation is 2. The average molecular weight is 538 g/mol. The van der Waals surface area contributed by atoms with Gasteiger partial charge in [-0.15, -0.1) is 5.10 Å². The van der Waals surface area contributed by atoms with Crippen LogP contribution in [0.2, 0.25) is 0 Å². The highest BCUT2D eigenvalue weighted by atomic mass is 19.1. The highest BCUT2D eigenvalue weighted by Crippen LogP contribution is 2.14. The van der Waals surface area contributed by atoms with Gasteiger partial charge in [-0.3, -0.25) is 4.79 Å². The zero-order valence-electron chi connectivity index (χ0n) is 21.7. The Morgan fingerprint density at radius 1 is 0.949 bits per heavy atom. The van der Waals surface area contributed by atoms with Crippen LogP contribution in [0.4, 0.5) is 13.2 Å². The van der Waals surface area contributed by atoms with Gasteiger partial charge in [0.15, 0.2) is 0 Å². The molecular formula is C29H30F3N5O2. The fourth-order valence-corrected chi connectivity index (χ4v) is 4.28. The van der Waals surface area contributed by atoms with Crippen LogP contribution < -0.4 is 10.6 Å². The van der Waals surface area contributed by atoms with Gasteiger partial charge >= 0.3 is 0 Å². The normalized spacial score (nSPS) is 12.8. The maximum Gasteiger partial charge on any atom is 0.291 e. The molecule has 10 heteroatoms. The van der Waals surface area contributed by atoms with E-state index in [9.17, 15) is 23.1 Å². The monoisotopic (exact) mass is 537 g/mol. The Balaban J connectivity index is 1.49. The lowest BCUT2D eigenvalue weighted by Gasteiger charge is -2.24. The lowest BCUT2D eigenvalue weighted by molar-refractivity contribution is 0.0820. The zero-order valence-corrected chi connectivity index (χ0v) is 21.7. The smallest absolute Gasteiger partial charge is 0.291 e. The second kappa shape index (κ2) is 12.7. The van der Waals surface area contributed by atoms with Gasteiger partial charge in [0.05, 0.1) is 17.8 Å². The largest absolute Gasteiger partial charge is 0.390 e. The maximum absolute atomic E-state index is 13.8. The molecule has 0 spiro atoms. The van der Waals surface area contributed by atoms with Crippen molar-refractivity contribution in [3.63, 3.8) is 0 Å². The number of nitrogens with zero attached hydrogens (tertiary/aromatic N) is 3. The Hall–Kier alpha value is -4.02. The van der Waals surface area contributed by atoms with Crippen molar-refractivity contribution < 1.29 is 23.1 Å². The fraction of sp³-hybridized carbons (Fsp3) is 0.276. The number of aliphatic hydroxyl groups excluding tert-OH is 1. The molecule has 2 atom stereocenters. The molecule has 1 aromatic heterocycles. The first kappa shape index (κ1) is 28.0. The minimum absolute atomic E-state index is 0.0355. The Labute approximate surface area is 224 Å². The minimum Gasteiger partial charge on any atom is -0.390 e. The van der Waals surface area contributed by atoms with Gasteiger partial charge in [0.2, 0.25) is 5.82 Å². The molecule has 0 fully saturated rings. The molecule has 1 heterocycles. The summed E-state index contributed by atoms with van der Waals surface area (Å²) in [6.45, 7) is 4.31. The summed E-state index contributed by atoms with van der Waals surface area (Å²) in [5.74, 6) is -2.36. The lowest BCUT2D eigenvalue weighted by Crippen LogP contribution is -2.49. The van der Waals surface area contributed by atoms with E-state index in [4.69, 9.17) is 0 Å². The number of amides is 1. The van der Waals surface area contributed by atoms with Crippen LogP contribution in [-0.2, 0) is 19.4 Å². The molecule has 3 aromatic carbocycles. The SMILES string of the molecule is CCc1cccc(CNC[C@H](O)[C@H](Cc2cc(F)cc(F)c2)NC(=O)c2nc(C)n(-c3ccc(F)cc3)n2)c1. The first-order valence-electron chi connectivity index (χ1n) is 12.6. The van der Waals surface area contributed by atoms with Crippen molar-refractivity contribution in [2.45, 2.75) is 45.4 Å². The summed E-state index contributed by atoms with van der Waals surface area (Å²) in [6.07, 6.45) is -0.235. The third-order valence-electron chi connectivity index (χ3n) is 6.28. The van der Waals surface area contributed by atoms with E-state index in [1.54, 1.807) is 6.92 Å². The molecule has 0 saturated heterocycles. The van der Waals surface area contributed by atoms with Crippen molar-refractivity contribution in [2.24, 2.45) is 0 Å². The number of aliphatic hydroxyl groups is 1. The molecule has 204 valence electrons. The standard InChI is InChI=1S/C29H30F3N5O2/c1-3-19-5-4-6-20(11-19)16-33-17-27(38)26(14-21-12-23(31)15-24(32)13-21)35-29(39)28-34-18(2)37(36-28)25-9-7-22(30)8-10-25/h4-13,15,26-27,33,38H,3,14,16-17H2,1-2H3,(H,35,39)/t26-,27-/m0/s1. The van der Waals surface area contributed by atoms with Gasteiger partial charge in [0, 0.05) is 19.2 Å². The summed E-state index contributed by atoms with van der Waals surface area (Å²) in [7, 11) is 0. The van der Waals surface area contributed by atoms with Crippen LogP contribution >= 0.6 is 0 Å². The van der Waals surface area contributed by atoms with E-state index in [2.05, 4.69) is 33.7 Å². The number of rotatable bonds is 11. The highest BCUT2D eigenvalue weighted by Gasteiger charge is 2.25. The first-order chi connectivity index (χ1) is 18.7. The number of hydrogen-bond acceptors (Lipinski definition) is 5. The van der Waals surface area contributed by atoms with Gasteiger partial charge < -0.3 is 15.7 Å². The van der Waals surface area contributed by atoms with Crippen molar-refractivity contribution in [3.8, 4) is 5.69 Å². The third kappa shape index (κ3) is 7.52. The minimum atomic E-state index is -1.10. The number of halogens is 3. The van der Waals surface area contributed by atoms with Crippen LogP contribution in [-0.4, -0.2) is 44.5 Å². The van der Waals surface area contributed by atoms with Crippen LogP contribution in [0.5, 0.6) is 0 Å². The lowest BCUT2D eigenvalue weighted by atomic mass is 10.0. The summed E-state index contributed by atoms with van der Waals surface area (Å²) in [6, 6.07) is 15.8. The predicted octanol–water partition coefficient (Wildman–Crippen LogP) is 4.05. The van der Waals surface area contributed by atoms with Crippen molar-refractivity contribution in [1.82, 2.24) is 25.4 Å². The number of benzene rings is 3. The topological polar surface area (TPSA) is 92.1 Å². The van der Waals surface area contributed by atoms with Crippen LogP contribution in [0.25, 0.3) is 5.69 Å². The second-order valence-corrected chi connectivity index (χ2v) is 9.30. The summed E-state index contributed by atoms with van der Waals surface area (Å²) in [4.78, 5) is 17.3. The molecule has 39 heavy (non-hydrogen) atoms. The molecule has 0 bridgehead atoms. The summed E-state index contributed by atoms with van der Waals surface area (Å²) < 4.78 is 42.4. The third-order valence-corrected chi connectivity index (χ3v) is 6.28. The Morgan fingerprint density at radius 2 is 1.64 bits per heavy atom. The van der Waals surface area contributed by atoms with Gasteiger partial charge in [-0.25, -0.2) is 22.8 Å². The van der Waals surface area contributed by atoms with Crippen molar-refractivity contribution >= 4 is 5.91 Å². The number of aromatic nitrogens is 3. The molecule has 4 rings (SSSR count). The molecule has 3 N–H and O–H groups in total. The van der Waals surface area contributed by atoms with E-state index < -0.39 is 35.5 Å². The molecule has 0 aliphatic rings. The number of hydrogen-bond donors (Lipinski definition) is 3. The first-order valence-corrected chi connectivity index (χ1v) is 12.6. The van der Waals surface area contributed by atoms with Gasteiger partial charge in [-0.1, -0.05) is 31.2 Å². The molecule has 1 amide bonds. The van der Waals surface area contributed by atoms with E-state index in [-0.39, 0.29) is 24.4 Å². The molecule has 0 saturated carbocycles. The molecule has 7 nitrogen and oxygen atoms in total. The van der Waals surface area contributed by atoms with Crippen LogP contribution in [0.15, 0.2) is 66.7 Å². The van der Waals surface area contributed by atoms with E-state index in [0.29, 0.717) is 18.1 Å². The molecule has 0 aliphatic carbocycles. The van der Waals surface area contributed by atoms with Gasteiger partial charge in [0.1, 0.15) is 23.3 Å². The van der Waals surface area contributed by atoms with Gasteiger partial charge in [-0.05, 0) is 72.9 Å². The Morgan fingerprint density at radius 3 is 2.33 bits per heavy atom. The van der Waals surface area contributed by atoms with Crippen molar-refractivity contribution in [2.75, 3.05) is 6.54 Å². The summed E-state index contributed by atoms with van der Waals surface area (Å²) in [5.41, 5.74) is 3.02. The van der Waals surface area contributed by atoms with Gasteiger partial charge in [0.25, 0.3) is 5.91 Å². The van der Waals surface area contributed by atoms with Crippen LogP contribution in [0.3, 0.4) is 0 Å². The number of nitrogens with one attached hydrogen (secondary N) is 2. The Kier molecular flexibility index (Phi) is 9.11. The second-order valence-electron chi connectivity index (χ2n) is 9.30. The number of carbonyl (C=O) groups is 1. The Bertz CT molecular complexity index is 1400. The average Bonchev–Trinajstić information content (AvgIpc) is 3.30. The van der Waals surface area contributed by atoms with Crippen molar-refractivity contribution in [3.05, 3.63) is 113 Å².